The topological polar surface area (TPSA) is 73.6 Å². The Morgan fingerprint density at radius 1 is 1.22 bits per heavy atom. The minimum atomic E-state index is -3.65. The van der Waals surface area contributed by atoms with Gasteiger partial charge in [-0.15, -0.1) is 21.2 Å². The summed E-state index contributed by atoms with van der Waals surface area (Å²) < 4.78 is 34.7. The van der Waals surface area contributed by atoms with Gasteiger partial charge in [0.05, 0.1) is 5.92 Å². The van der Waals surface area contributed by atoms with Crippen LogP contribution in [0.4, 0.5) is 14.5 Å². The highest BCUT2D eigenvalue weighted by Crippen LogP contribution is 2.48. The Morgan fingerprint density at radius 2 is 1.91 bits per heavy atom. The van der Waals surface area contributed by atoms with Gasteiger partial charge in [-0.2, -0.15) is 0 Å². The molecule has 1 aromatic rings. The molecule has 1 amide bonds. The van der Waals surface area contributed by atoms with Gasteiger partial charge in [-0.05, 0) is 43.2 Å². The van der Waals surface area contributed by atoms with Crippen molar-refractivity contribution in [2.45, 2.75) is 31.6 Å². The molecule has 3 aliphatic rings. The van der Waals surface area contributed by atoms with E-state index in [4.69, 9.17) is 5.73 Å². The van der Waals surface area contributed by atoms with Gasteiger partial charge in [-0.25, -0.2) is 0 Å². The molecule has 8 heteroatoms. The molecule has 0 spiro atoms. The third-order valence-electron chi connectivity index (χ3n) is 4.95. The van der Waals surface area contributed by atoms with Crippen LogP contribution in [0.1, 0.15) is 19.3 Å². The zero-order chi connectivity index (χ0) is 15.5. The average Bonchev–Trinajstić information content (AvgIpc) is 3.08. The first-order valence-electron chi connectivity index (χ1n) is 7.39. The standard InChI is InChI=1S/C15H16F2N2O3.ClH/c16-15(17)21-10-4-3-9(6-11(10)22-15)19-14(20)12-7-1-2-8(5-7)13(12)18;/h3-4,6-8,12-13H,1-2,5,18H2,(H,19,20);1H. The average molecular weight is 347 g/mol. The van der Waals surface area contributed by atoms with Crippen molar-refractivity contribution in [3.8, 4) is 11.5 Å². The van der Waals surface area contributed by atoms with Crippen LogP contribution in [0, 0.1) is 17.8 Å². The molecule has 0 aromatic heterocycles. The smallest absolute Gasteiger partial charge is 0.395 e. The Morgan fingerprint density at radius 3 is 2.61 bits per heavy atom. The molecule has 126 valence electrons. The zero-order valence-electron chi connectivity index (χ0n) is 12.1. The van der Waals surface area contributed by atoms with Gasteiger partial charge in [-0.3, -0.25) is 4.79 Å². The third-order valence-corrected chi connectivity index (χ3v) is 4.95. The summed E-state index contributed by atoms with van der Waals surface area (Å²) >= 11 is 0. The molecule has 1 aromatic carbocycles. The first-order valence-corrected chi connectivity index (χ1v) is 7.39. The summed E-state index contributed by atoms with van der Waals surface area (Å²) in [7, 11) is 0. The lowest BCUT2D eigenvalue weighted by atomic mass is 9.84. The van der Waals surface area contributed by atoms with Crippen LogP contribution in [-0.4, -0.2) is 18.2 Å². The summed E-state index contributed by atoms with van der Waals surface area (Å²) in [5.41, 5.74) is 6.54. The fraction of sp³-hybridized carbons (Fsp3) is 0.533. The van der Waals surface area contributed by atoms with Crippen LogP contribution in [0.15, 0.2) is 18.2 Å². The van der Waals surface area contributed by atoms with E-state index in [1.807, 2.05) is 0 Å². The van der Waals surface area contributed by atoms with Crippen LogP contribution >= 0.6 is 12.4 Å². The van der Waals surface area contributed by atoms with Crippen LogP contribution in [-0.2, 0) is 4.79 Å². The van der Waals surface area contributed by atoms with Crippen molar-refractivity contribution in [2.75, 3.05) is 5.32 Å². The summed E-state index contributed by atoms with van der Waals surface area (Å²) in [4.78, 5) is 12.4. The van der Waals surface area contributed by atoms with Crippen LogP contribution in [0.3, 0.4) is 0 Å². The van der Waals surface area contributed by atoms with E-state index in [0.717, 1.165) is 19.3 Å². The lowest BCUT2D eigenvalue weighted by molar-refractivity contribution is -0.286. The summed E-state index contributed by atoms with van der Waals surface area (Å²) in [6, 6.07) is 4.09. The zero-order valence-corrected chi connectivity index (χ0v) is 12.9. The Balaban J connectivity index is 0.00000156. The van der Waals surface area contributed by atoms with Crippen molar-refractivity contribution >= 4 is 24.0 Å². The van der Waals surface area contributed by atoms with E-state index in [9.17, 15) is 13.6 Å². The van der Waals surface area contributed by atoms with Gasteiger partial charge in [-0.1, -0.05) is 0 Å². The molecule has 2 saturated carbocycles. The van der Waals surface area contributed by atoms with E-state index in [1.165, 1.54) is 18.2 Å². The lowest BCUT2D eigenvalue weighted by Crippen LogP contribution is -2.42. The predicted octanol–water partition coefficient (Wildman–Crippen LogP) is 2.74. The van der Waals surface area contributed by atoms with Gasteiger partial charge in [0.25, 0.3) is 0 Å². The second-order valence-electron chi connectivity index (χ2n) is 6.25. The molecule has 1 heterocycles. The largest absolute Gasteiger partial charge is 0.586 e. The fourth-order valence-corrected chi connectivity index (χ4v) is 3.98. The van der Waals surface area contributed by atoms with Gasteiger partial charge in [0.1, 0.15) is 0 Å². The molecule has 3 N–H and O–H groups in total. The normalized spacial score (nSPS) is 32.5. The number of rotatable bonds is 2. The summed E-state index contributed by atoms with van der Waals surface area (Å²) in [6.45, 7) is 0. The van der Waals surface area contributed by atoms with Crippen LogP contribution in [0.2, 0.25) is 0 Å². The molecule has 5 nitrogen and oxygen atoms in total. The molecule has 4 atom stereocenters. The van der Waals surface area contributed by atoms with Crippen molar-refractivity contribution in [3.05, 3.63) is 18.2 Å². The highest BCUT2D eigenvalue weighted by molar-refractivity contribution is 5.94. The molecule has 2 fully saturated rings. The maximum absolute atomic E-state index is 13.0. The first kappa shape index (κ1) is 16.3. The molecule has 0 radical (unpaired) electrons. The second kappa shape index (κ2) is 5.49. The number of benzene rings is 1. The minimum Gasteiger partial charge on any atom is -0.395 e. The highest BCUT2D eigenvalue weighted by atomic mass is 35.5. The Kier molecular flexibility index (Phi) is 3.88. The van der Waals surface area contributed by atoms with Gasteiger partial charge in [0, 0.05) is 17.8 Å². The Labute approximate surface area is 137 Å². The molecule has 4 rings (SSSR count). The molecule has 0 saturated heterocycles. The minimum absolute atomic E-state index is 0. The van der Waals surface area contributed by atoms with Gasteiger partial charge >= 0.3 is 6.29 Å². The number of hydrogen-bond acceptors (Lipinski definition) is 4. The molecular weight excluding hydrogens is 330 g/mol. The highest BCUT2D eigenvalue weighted by Gasteiger charge is 2.49. The van der Waals surface area contributed by atoms with Gasteiger partial charge in [0.15, 0.2) is 11.5 Å². The number of nitrogens with two attached hydrogens (primary N) is 1. The maximum Gasteiger partial charge on any atom is 0.586 e. The third kappa shape index (κ3) is 2.72. The number of ether oxygens (including phenoxy) is 2. The van der Waals surface area contributed by atoms with Crippen LogP contribution < -0.4 is 20.5 Å². The molecule has 2 aliphatic carbocycles. The van der Waals surface area contributed by atoms with Crippen molar-refractivity contribution in [1.29, 1.82) is 0 Å². The van der Waals surface area contributed by atoms with Crippen molar-refractivity contribution in [3.63, 3.8) is 0 Å². The van der Waals surface area contributed by atoms with Crippen molar-refractivity contribution < 1.29 is 23.0 Å². The number of carbonyl (C=O) groups excluding carboxylic acids is 1. The first-order chi connectivity index (χ1) is 10.4. The number of hydrogen-bond donors (Lipinski definition) is 2. The van der Waals surface area contributed by atoms with Crippen molar-refractivity contribution in [2.24, 2.45) is 23.5 Å². The van der Waals surface area contributed by atoms with E-state index < -0.39 is 6.29 Å². The second-order valence-corrected chi connectivity index (χ2v) is 6.25. The fourth-order valence-electron chi connectivity index (χ4n) is 3.98. The molecule has 23 heavy (non-hydrogen) atoms. The van der Waals surface area contributed by atoms with E-state index in [-0.39, 0.29) is 41.8 Å². The molecule has 1 aliphatic heterocycles. The Hall–Kier alpha value is -1.60. The SMILES string of the molecule is Cl.NC1C2CCC(C2)C1C(=O)Nc1ccc2c(c1)OC(F)(F)O2. The van der Waals surface area contributed by atoms with E-state index in [1.54, 1.807) is 0 Å². The van der Waals surface area contributed by atoms with Gasteiger partial charge in [0.2, 0.25) is 5.91 Å². The number of carbonyl (C=O) groups is 1. The summed E-state index contributed by atoms with van der Waals surface area (Å²) in [6.07, 6.45) is -0.525. The van der Waals surface area contributed by atoms with E-state index in [2.05, 4.69) is 14.8 Å². The summed E-state index contributed by atoms with van der Waals surface area (Å²) in [5, 5.41) is 2.76. The Bertz CT molecular complexity index is 641. The maximum atomic E-state index is 13.0. The van der Waals surface area contributed by atoms with E-state index in [0.29, 0.717) is 17.5 Å². The quantitative estimate of drug-likeness (QED) is 0.863. The number of amides is 1. The predicted molar refractivity (Wildman–Crippen MR) is 80.8 cm³/mol. The van der Waals surface area contributed by atoms with Gasteiger partial charge < -0.3 is 20.5 Å². The van der Waals surface area contributed by atoms with Crippen LogP contribution in [0.25, 0.3) is 0 Å². The number of anilines is 1. The molecule has 4 unspecified atom stereocenters. The van der Waals surface area contributed by atoms with E-state index >= 15 is 0 Å². The number of fused-ring (bicyclic) bond motifs is 3. The number of halogens is 3. The molecular formula is C15H17ClF2N2O3. The van der Waals surface area contributed by atoms with Crippen molar-refractivity contribution in [1.82, 2.24) is 0 Å². The number of alkyl halides is 2. The van der Waals surface area contributed by atoms with Crippen LogP contribution in [0.5, 0.6) is 11.5 Å². The summed E-state index contributed by atoms with van der Waals surface area (Å²) in [5.74, 6) is 0.283. The monoisotopic (exact) mass is 346 g/mol. The lowest BCUT2D eigenvalue weighted by Gasteiger charge is -2.27. The molecule has 2 bridgehead atoms. The number of nitrogens with one attached hydrogen (secondary N) is 1.